The van der Waals surface area contributed by atoms with Crippen LogP contribution in [0.15, 0.2) is 78.4 Å². The Kier molecular flexibility index (Phi) is 6.37. The zero-order valence-electron chi connectivity index (χ0n) is 17.7. The first-order valence-electron chi connectivity index (χ1n) is 10.2. The van der Waals surface area contributed by atoms with Crippen molar-refractivity contribution in [3.63, 3.8) is 0 Å². The van der Waals surface area contributed by atoms with Gasteiger partial charge in [-0.1, -0.05) is 30.3 Å². The third-order valence-corrected chi connectivity index (χ3v) is 5.02. The van der Waals surface area contributed by atoms with E-state index in [0.29, 0.717) is 13.1 Å². The van der Waals surface area contributed by atoms with Gasteiger partial charge in [-0.15, -0.1) is 0 Å². The van der Waals surface area contributed by atoms with Gasteiger partial charge in [-0.2, -0.15) is 5.10 Å². The first kappa shape index (κ1) is 20.3. The van der Waals surface area contributed by atoms with E-state index in [4.69, 9.17) is 0 Å². The molecular formula is C23H26N8. The van der Waals surface area contributed by atoms with E-state index in [9.17, 15) is 0 Å². The van der Waals surface area contributed by atoms with Crippen LogP contribution in [0.25, 0.3) is 5.82 Å². The van der Waals surface area contributed by atoms with Crippen molar-refractivity contribution in [1.29, 1.82) is 0 Å². The summed E-state index contributed by atoms with van der Waals surface area (Å²) < 4.78 is 3.88. The Bertz CT molecular complexity index is 1130. The van der Waals surface area contributed by atoms with Crippen LogP contribution in [-0.2, 0) is 19.6 Å². The first-order chi connectivity index (χ1) is 15.2. The Hall–Kier alpha value is -3.94. The molecule has 3 heterocycles. The maximum absolute atomic E-state index is 4.54. The number of aromatic nitrogens is 5. The molecule has 0 aliphatic carbocycles. The minimum Gasteiger partial charge on any atom is -0.352 e. The molecule has 1 aromatic carbocycles. The van der Waals surface area contributed by atoms with Gasteiger partial charge >= 0.3 is 0 Å². The molecule has 3 aromatic heterocycles. The standard InChI is InChI=1S/C23H26N8/c1-18-25-11-13-31(18)22-9-8-19(14-26-22)15-27-23(24-2)28-16-20-6-3-4-7-21(20)17-30-12-5-10-29-30/h3-14H,15-17H2,1-2H3,(H2,24,27,28). The first-order valence-corrected chi connectivity index (χ1v) is 10.2. The van der Waals surface area contributed by atoms with Crippen LogP contribution in [-0.4, -0.2) is 37.3 Å². The fourth-order valence-corrected chi connectivity index (χ4v) is 3.32. The van der Waals surface area contributed by atoms with Crippen molar-refractivity contribution in [2.75, 3.05) is 7.05 Å². The van der Waals surface area contributed by atoms with Gasteiger partial charge in [0.2, 0.25) is 0 Å². The lowest BCUT2D eigenvalue weighted by atomic mass is 10.1. The number of benzene rings is 1. The maximum Gasteiger partial charge on any atom is 0.191 e. The van der Waals surface area contributed by atoms with Crippen molar-refractivity contribution in [1.82, 2.24) is 34.9 Å². The number of nitrogens with zero attached hydrogens (tertiary/aromatic N) is 6. The van der Waals surface area contributed by atoms with Crippen molar-refractivity contribution in [3.05, 3.63) is 96.0 Å². The molecule has 8 heteroatoms. The van der Waals surface area contributed by atoms with Crippen molar-refractivity contribution < 1.29 is 0 Å². The summed E-state index contributed by atoms with van der Waals surface area (Å²) in [5, 5.41) is 11.0. The van der Waals surface area contributed by atoms with E-state index >= 15 is 0 Å². The van der Waals surface area contributed by atoms with Gasteiger partial charge in [0.25, 0.3) is 0 Å². The highest BCUT2D eigenvalue weighted by molar-refractivity contribution is 5.79. The number of pyridine rings is 1. The zero-order chi connectivity index (χ0) is 21.5. The van der Waals surface area contributed by atoms with E-state index in [1.165, 1.54) is 11.1 Å². The smallest absolute Gasteiger partial charge is 0.191 e. The summed E-state index contributed by atoms with van der Waals surface area (Å²) in [4.78, 5) is 13.1. The second-order valence-corrected chi connectivity index (χ2v) is 7.12. The molecule has 4 aromatic rings. The van der Waals surface area contributed by atoms with Crippen LogP contribution in [0.4, 0.5) is 0 Å². The molecule has 0 saturated carbocycles. The van der Waals surface area contributed by atoms with Crippen LogP contribution in [0.5, 0.6) is 0 Å². The molecular weight excluding hydrogens is 388 g/mol. The molecule has 0 bridgehead atoms. The van der Waals surface area contributed by atoms with Crippen LogP contribution >= 0.6 is 0 Å². The summed E-state index contributed by atoms with van der Waals surface area (Å²) >= 11 is 0. The normalized spacial score (nSPS) is 11.5. The number of imidazole rings is 1. The lowest BCUT2D eigenvalue weighted by Gasteiger charge is -2.14. The van der Waals surface area contributed by atoms with Gasteiger partial charge in [-0.05, 0) is 35.7 Å². The van der Waals surface area contributed by atoms with Gasteiger partial charge in [0.05, 0.1) is 6.54 Å². The van der Waals surface area contributed by atoms with E-state index in [1.54, 1.807) is 19.4 Å². The molecule has 0 amide bonds. The quantitative estimate of drug-likeness (QED) is 0.359. The van der Waals surface area contributed by atoms with Gasteiger partial charge in [0.1, 0.15) is 11.6 Å². The van der Waals surface area contributed by atoms with Crippen molar-refractivity contribution in [2.45, 2.75) is 26.6 Å². The predicted molar refractivity (Wildman–Crippen MR) is 121 cm³/mol. The Balaban J connectivity index is 1.33. The third kappa shape index (κ3) is 5.16. The number of hydrogen-bond acceptors (Lipinski definition) is 4. The van der Waals surface area contributed by atoms with Gasteiger partial charge in [0.15, 0.2) is 5.96 Å². The summed E-state index contributed by atoms with van der Waals surface area (Å²) in [6.45, 7) is 4.00. The number of aryl methyl sites for hydroxylation is 1. The second-order valence-electron chi connectivity index (χ2n) is 7.12. The molecule has 0 unspecified atom stereocenters. The van der Waals surface area contributed by atoms with E-state index in [2.05, 4.69) is 61.0 Å². The fraction of sp³-hybridized carbons (Fsp3) is 0.217. The highest BCUT2D eigenvalue weighted by Gasteiger charge is 2.06. The summed E-state index contributed by atoms with van der Waals surface area (Å²) in [6, 6.07) is 14.3. The Morgan fingerprint density at radius 2 is 1.77 bits per heavy atom. The van der Waals surface area contributed by atoms with Gasteiger partial charge in [0, 0.05) is 51.1 Å². The molecule has 0 radical (unpaired) electrons. The van der Waals surface area contributed by atoms with Crippen LogP contribution in [0.2, 0.25) is 0 Å². The van der Waals surface area contributed by atoms with E-state index in [-0.39, 0.29) is 0 Å². The molecule has 0 saturated heterocycles. The minimum absolute atomic E-state index is 0.630. The Morgan fingerprint density at radius 3 is 2.45 bits per heavy atom. The average Bonchev–Trinajstić information content (AvgIpc) is 3.47. The molecule has 0 fully saturated rings. The van der Waals surface area contributed by atoms with Crippen LogP contribution < -0.4 is 10.6 Å². The molecule has 0 aliphatic heterocycles. The lowest BCUT2D eigenvalue weighted by Crippen LogP contribution is -2.36. The van der Waals surface area contributed by atoms with Crippen molar-refractivity contribution in [3.8, 4) is 5.82 Å². The Morgan fingerprint density at radius 1 is 0.935 bits per heavy atom. The summed E-state index contributed by atoms with van der Waals surface area (Å²) in [7, 11) is 1.77. The molecule has 0 atom stereocenters. The van der Waals surface area contributed by atoms with Gasteiger partial charge in [-0.3, -0.25) is 14.2 Å². The monoisotopic (exact) mass is 414 g/mol. The number of guanidine groups is 1. The second kappa shape index (κ2) is 9.71. The minimum atomic E-state index is 0.630. The molecule has 2 N–H and O–H groups in total. The van der Waals surface area contributed by atoms with E-state index in [0.717, 1.165) is 29.7 Å². The maximum atomic E-state index is 4.54. The van der Waals surface area contributed by atoms with E-state index < -0.39 is 0 Å². The molecule has 158 valence electrons. The number of aliphatic imine (C=N–C) groups is 1. The van der Waals surface area contributed by atoms with Crippen molar-refractivity contribution in [2.24, 2.45) is 4.99 Å². The molecule has 0 aliphatic rings. The van der Waals surface area contributed by atoms with Crippen LogP contribution in [0, 0.1) is 6.92 Å². The largest absolute Gasteiger partial charge is 0.352 e. The predicted octanol–water partition coefficient (Wildman–Crippen LogP) is 2.69. The average molecular weight is 415 g/mol. The van der Waals surface area contributed by atoms with Crippen molar-refractivity contribution >= 4 is 5.96 Å². The lowest BCUT2D eigenvalue weighted by molar-refractivity contribution is 0.677. The van der Waals surface area contributed by atoms with E-state index in [1.807, 2.05) is 46.9 Å². The molecule has 0 spiro atoms. The van der Waals surface area contributed by atoms with Crippen LogP contribution in [0.1, 0.15) is 22.5 Å². The number of hydrogen-bond donors (Lipinski definition) is 2. The van der Waals surface area contributed by atoms with Crippen LogP contribution in [0.3, 0.4) is 0 Å². The zero-order valence-corrected chi connectivity index (χ0v) is 17.7. The topological polar surface area (TPSA) is 85.0 Å². The summed E-state index contributed by atoms with van der Waals surface area (Å²) in [5.41, 5.74) is 3.51. The van der Waals surface area contributed by atoms with Gasteiger partial charge < -0.3 is 10.6 Å². The fourth-order valence-electron chi connectivity index (χ4n) is 3.32. The Labute approximate surface area is 181 Å². The van der Waals surface area contributed by atoms with Gasteiger partial charge in [-0.25, -0.2) is 9.97 Å². The molecule has 4 rings (SSSR count). The molecule has 31 heavy (non-hydrogen) atoms. The molecule has 8 nitrogen and oxygen atoms in total. The summed E-state index contributed by atoms with van der Waals surface area (Å²) in [6.07, 6.45) is 9.32. The number of rotatable bonds is 7. The SMILES string of the molecule is CN=C(NCc1ccc(-n2ccnc2C)nc1)NCc1ccccc1Cn1cccn1. The summed E-state index contributed by atoms with van der Waals surface area (Å²) in [5.74, 6) is 2.51. The highest BCUT2D eigenvalue weighted by atomic mass is 15.3. The number of nitrogens with one attached hydrogen (secondary N) is 2. The third-order valence-electron chi connectivity index (χ3n) is 5.02. The highest BCUT2D eigenvalue weighted by Crippen LogP contribution is 2.11.